The van der Waals surface area contributed by atoms with E-state index < -0.39 is 0 Å². The van der Waals surface area contributed by atoms with Crippen molar-refractivity contribution in [3.8, 4) is 0 Å². The molecule has 0 saturated carbocycles. The second kappa shape index (κ2) is 5.55. The molecule has 1 aliphatic rings. The Bertz CT molecular complexity index is 443. The van der Waals surface area contributed by atoms with E-state index in [2.05, 4.69) is 9.97 Å². The van der Waals surface area contributed by atoms with Crippen LogP contribution in [0, 0.1) is 0 Å². The molecule has 6 nitrogen and oxygen atoms in total. The summed E-state index contributed by atoms with van der Waals surface area (Å²) >= 11 is 4.90. The van der Waals surface area contributed by atoms with Crippen LogP contribution in [0.2, 0.25) is 0 Å². The molecule has 0 aromatic carbocycles. The SMILES string of the molecule is CC1CN(c2nccc(C(N)=S)n2)CC(CO)O1. The number of rotatable bonds is 3. The second-order valence-electron chi connectivity index (χ2n) is 4.26. The van der Waals surface area contributed by atoms with Gasteiger partial charge in [-0.2, -0.15) is 0 Å². The monoisotopic (exact) mass is 268 g/mol. The van der Waals surface area contributed by atoms with Crippen molar-refractivity contribution in [3.05, 3.63) is 18.0 Å². The third-order valence-electron chi connectivity index (χ3n) is 2.71. The van der Waals surface area contributed by atoms with Crippen molar-refractivity contribution in [2.24, 2.45) is 5.73 Å². The lowest BCUT2D eigenvalue weighted by molar-refractivity contribution is -0.0425. The van der Waals surface area contributed by atoms with Gasteiger partial charge in [0, 0.05) is 19.3 Å². The van der Waals surface area contributed by atoms with Gasteiger partial charge in [-0.3, -0.25) is 0 Å². The lowest BCUT2D eigenvalue weighted by Crippen LogP contribution is -2.48. The molecule has 2 atom stereocenters. The predicted molar refractivity (Wildman–Crippen MR) is 71.6 cm³/mol. The summed E-state index contributed by atoms with van der Waals surface area (Å²) in [6.45, 7) is 3.17. The van der Waals surface area contributed by atoms with Crippen LogP contribution in [0.15, 0.2) is 12.3 Å². The number of morpholine rings is 1. The van der Waals surface area contributed by atoms with Crippen molar-refractivity contribution in [1.82, 2.24) is 9.97 Å². The maximum Gasteiger partial charge on any atom is 0.226 e. The largest absolute Gasteiger partial charge is 0.394 e. The van der Waals surface area contributed by atoms with Gasteiger partial charge in [-0.25, -0.2) is 9.97 Å². The Hall–Kier alpha value is -1.31. The summed E-state index contributed by atoms with van der Waals surface area (Å²) in [6.07, 6.45) is 1.43. The Morgan fingerprint density at radius 1 is 1.67 bits per heavy atom. The number of thiocarbonyl (C=S) groups is 1. The number of aliphatic hydroxyl groups is 1. The third kappa shape index (κ3) is 2.92. The topological polar surface area (TPSA) is 84.5 Å². The van der Waals surface area contributed by atoms with E-state index in [1.54, 1.807) is 12.3 Å². The zero-order chi connectivity index (χ0) is 13.1. The van der Waals surface area contributed by atoms with Crippen molar-refractivity contribution in [3.63, 3.8) is 0 Å². The van der Waals surface area contributed by atoms with E-state index in [-0.39, 0.29) is 23.8 Å². The van der Waals surface area contributed by atoms with Gasteiger partial charge in [0.15, 0.2) is 0 Å². The molecular weight excluding hydrogens is 252 g/mol. The number of aliphatic hydroxyl groups excluding tert-OH is 1. The first-order chi connectivity index (χ1) is 8.60. The number of hydrogen-bond donors (Lipinski definition) is 2. The van der Waals surface area contributed by atoms with Gasteiger partial charge >= 0.3 is 0 Å². The molecule has 0 radical (unpaired) electrons. The molecule has 98 valence electrons. The Balaban J connectivity index is 2.19. The summed E-state index contributed by atoms with van der Waals surface area (Å²) in [6, 6.07) is 1.68. The molecule has 1 aromatic rings. The molecule has 18 heavy (non-hydrogen) atoms. The van der Waals surface area contributed by atoms with Gasteiger partial charge in [-0.05, 0) is 13.0 Å². The fourth-order valence-corrected chi connectivity index (χ4v) is 2.06. The average molecular weight is 268 g/mol. The molecular formula is C11H16N4O2S. The molecule has 2 rings (SSSR count). The Labute approximate surface area is 111 Å². The first-order valence-corrected chi connectivity index (χ1v) is 6.15. The lowest BCUT2D eigenvalue weighted by atomic mass is 10.2. The number of aromatic nitrogens is 2. The van der Waals surface area contributed by atoms with Gasteiger partial charge in [0.25, 0.3) is 0 Å². The fraction of sp³-hybridized carbons (Fsp3) is 0.545. The lowest BCUT2D eigenvalue weighted by Gasteiger charge is -2.36. The zero-order valence-electron chi connectivity index (χ0n) is 10.1. The van der Waals surface area contributed by atoms with Crippen LogP contribution < -0.4 is 10.6 Å². The molecule has 7 heteroatoms. The highest BCUT2D eigenvalue weighted by atomic mass is 32.1. The van der Waals surface area contributed by atoms with Gasteiger partial charge in [0.05, 0.1) is 18.8 Å². The van der Waals surface area contributed by atoms with E-state index in [0.717, 1.165) is 0 Å². The normalized spacial score (nSPS) is 24.0. The number of nitrogens with zero attached hydrogens (tertiary/aromatic N) is 3. The summed E-state index contributed by atoms with van der Waals surface area (Å²) in [5, 5.41) is 9.18. The Morgan fingerprint density at radius 3 is 3.11 bits per heavy atom. The van der Waals surface area contributed by atoms with Gasteiger partial charge in [-0.1, -0.05) is 12.2 Å². The molecule has 3 N–H and O–H groups in total. The average Bonchev–Trinajstić information content (AvgIpc) is 2.38. The predicted octanol–water partition coefficient (Wildman–Crippen LogP) is -0.303. The van der Waals surface area contributed by atoms with Gasteiger partial charge < -0.3 is 20.5 Å². The first-order valence-electron chi connectivity index (χ1n) is 5.74. The maximum absolute atomic E-state index is 9.18. The van der Waals surface area contributed by atoms with Crippen LogP contribution in [0.4, 0.5) is 5.95 Å². The quantitative estimate of drug-likeness (QED) is 0.728. The number of hydrogen-bond acceptors (Lipinski definition) is 6. The molecule has 1 aromatic heterocycles. The van der Waals surface area contributed by atoms with E-state index in [1.807, 2.05) is 11.8 Å². The minimum Gasteiger partial charge on any atom is -0.394 e. The molecule has 0 amide bonds. The molecule has 0 bridgehead atoms. The minimum atomic E-state index is -0.217. The molecule has 0 spiro atoms. The van der Waals surface area contributed by atoms with Gasteiger partial charge in [0.1, 0.15) is 10.7 Å². The van der Waals surface area contributed by atoms with E-state index >= 15 is 0 Å². The molecule has 2 unspecified atom stereocenters. The fourth-order valence-electron chi connectivity index (χ4n) is 1.95. The Kier molecular flexibility index (Phi) is 4.05. The highest BCUT2D eigenvalue weighted by Gasteiger charge is 2.26. The van der Waals surface area contributed by atoms with Crippen LogP contribution in [0.3, 0.4) is 0 Å². The molecule has 1 saturated heterocycles. The minimum absolute atomic E-state index is 0.0180. The van der Waals surface area contributed by atoms with Crippen molar-refractivity contribution in [1.29, 1.82) is 0 Å². The summed E-state index contributed by atoms with van der Waals surface area (Å²) in [5.41, 5.74) is 6.10. The smallest absolute Gasteiger partial charge is 0.226 e. The zero-order valence-corrected chi connectivity index (χ0v) is 10.9. The third-order valence-corrected chi connectivity index (χ3v) is 2.92. The standard InChI is InChI=1S/C11H16N4O2S/c1-7-4-15(5-8(6-16)17-7)11-13-3-2-9(14-11)10(12)18/h2-3,7-8,16H,4-6H2,1H3,(H2,12,18). The van der Waals surface area contributed by atoms with E-state index in [4.69, 9.17) is 22.7 Å². The summed E-state index contributed by atoms with van der Waals surface area (Å²) in [7, 11) is 0. The van der Waals surface area contributed by atoms with Crippen LogP contribution in [-0.4, -0.2) is 52.0 Å². The van der Waals surface area contributed by atoms with Crippen LogP contribution in [-0.2, 0) is 4.74 Å². The van der Waals surface area contributed by atoms with Crippen molar-refractivity contribution >= 4 is 23.2 Å². The van der Waals surface area contributed by atoms with Gasteiger partial charge in [-0.15, -0.1) is 0 Å². The van der Waals surface area contributed by atoms with Crippen LogP contribution in [0.25, 0.3) is 0 Å². The highest BCUT2D eigenvalue weighted by Crippen LogP contribution is 2.16. The van der Waals surface area contributed by atoms with Crippen molar-refractivity contribution in [2.45, 2.75) is 19.1 Å². The van der Waals surface area contributed by atoms with Gasteiger partial charge in [0.2, 0.25) is 5.95 Å². The van der Waals surface area contributed by atoms with E-state index in [9.17, 15) is 5.11 Å². The summed E-state index contributed by atoms with van der Waals surface area (Å²) in [5.74, 6) is 0.564. The first kappa shape index (κ1) is 13.1. The molecule has 0 aliphatic carbocycles. The van der Waals surface area contributed by atoms with E-state index in [1.165, 1.54) is 0 Å². The van der Waals surface area contributed by atoms with Crippen LogP contribution in [0.1, 0.15) is 12.6 Å². The number of anilines is 1. The van der Waals surface area contributed by atoms with Crippen LogP contribution >= 0.6 is 12.2 Å². The molecule has 1 aliphatic heterocycles. The van der Waals surface area contributed by atoms with Crippen LogP contribution in [0.5, 0.6) is 0 Å². The summed E-state index contributed by atoms with van der Waals surface area (Å²) in [4.78, 5) is 10.7. The number of ether oxygens (including phenoxy) is 1. The highest BCUT2D eigenvalue weighted by molar-refractivity contribution is 7.80. The van der Waals surface area contributed by atoms with E-state index in [0.29, 0.717) is 24.7 Å². The summed E-state index contributed by atoms with van der Waals surface area (Å²) < 4.78 is 5.57. The Morgan fingerprint density at radius 2 is 2.44 bits per heavy atom. The number of nitrogens with two attached hydrogens (primary N) is 1. The van der Waals surface area contributed by atoms with Crippen molar-refractivity contribution in [2.75, 3.05) is 24.6 Å². The van der Waals surface area contributed by atoms with Crippen molar-refractivity contribution < 1.29 is 9.84 Å². The molecule has 1 fully saturated rings. The maximum atomic E-state index is 9.18. The molecule has 2 heterocycles. The second-order valence-corrected chi connectivity index (χ2v) is 4.70.